The van der Waals surface area contributed by atoms with E-state index in [0.29, 0.717) is 22.2 Å². The number of rotatable bonds is 5. The fourth-order valence-electron chi connectivity index (χ4n) is 3.30. The van der Waals surface area contributed by atoms with Gasteiger partial charge in [0.25, 0.3) is 5.91 Å². The Morgan fingerprint density at radius 2 is 1.76 bits per heavy atom. The molecule has 7 heteroatoms. The molecule has 0 saturated heterocycles. The van der Waals surface area contributed by atoms with Crippen LogP contribution < -0.4 is 14.8 Å². The lowest BCUT2D eigenvalue weighted by molar-refractivity contribution is 0.102. The van der Waals surface area contributed by atoms with Crippen LogP contribution in [0.1, 0.15) is 54.4 Å². The van der Waals surface area contributed by atoms with Crippen LogP contribution in [0.2, 0.25) is 0 Å². The molecule has 0 aliphatic heterocycles. The molecule has 134 valence electrons. The zero-order chi connectivity index (χ0) is 17.9. The van der Waals surface area contributed by atoms with E-state index in [1.807, 2.05) is 0 Å². The Balaban J connectivity index is 1.81. The van der Waals surface area contributed by atoms with Gasteiger partial charge in [0.15, 0.2) is 0 Å². The molecule has 1 aromatic carbocycles. The molecule has 1 N–H and O–H groups in total. The maximum absolute atomic E-state index is 12.7. The van der Waals surface area contributed by atoms with E-state index in [1.54, 1.807) is 18.2 Å². The van der Waals surface area contributed by atoms with Crippen molar-refractivity contribution in [1.82, 2.24) is 10.2 Å². The van der Waals surface area contributed by atoms with Gasteiger partial charge in [-0.05, 0) is 25.0 Å². The van der Waals surface area contributed by atoms with Crippen molar-refractivity contribution in [2.24, 2.45) is 0 Å². The van der Waals surface area contributed by atoms with E-state index in [2.05, 4.69) is 22.4 Å². The molecule has 1 heterocycles. The van der Waals surface area contributed by atoms with Crippen LogP contribution in [0.4, 0.5) is 5.13 Å². The number of hydrogen-bond donors (Lipinski definition) is 1. The van der Waals surface area contributed by atoms with Crippen molar-refractivity contribution in [1.29, 1.82) is 0 Å². The SMILES string of the molecule is COc1cccc(OC)c1C(=O)Nc1nnc(C2(C)CCCCC2)s1. The van der Waals surface area contributed by atoms with Crippen LogP contribution in [0.5, 0.6) is 11.5 Å². The van der Waals surface area contributed by atoms with Crippen LogP contribution in [-0.2, 0) is 5.41 Å². The van der Waals surface area contributed by atoms with E-state index in [-0.39, 0.29) is 11.3 Å². The normalized spacial score (nSPS) is 16.3. The molecule has 25 heavy (non-hydrogen) atoms. The van der Waals surface area contributed by atoms with Gasteiger partial charge in [0.2, 0.25) is 5.13 Å². The number of carbonyl (C=O) groups excluding carboxylic acids is 1. The van der Waals surface area contributed by atoms with Crippen molar-refractivity contribution in [2.45, 2.75) is 44.4 Å². The summed E-state index contributed by atoms with van der Waals surface area (Å²) in [5.41, 5.74) is 0.425. The molecule has 1 fully saturated rings. The Labute approximate surface area is 151 Å². The summed E-state index contributed by atoms with van der Waals surface area (Å²) in [5, 5.41) is 12.8. The molecule has 0 spiro atoms. The van der Waals surface area contributed by atoms with E-state index >= 15 is 0 Å². The number of nitrogens with one attached hydrogen (secondary N) is 1. The quantitative estimate of drug-likeness (QED) is 0.870. The zero-order valence-corrected chi connectivity index (χ0v) is 15.6. The van der Waals surface area contributed by atoms with Crippen molar-refractivity contribution in [3.8, 4) is 11.5 Å². The van der Waals surface area contributed by atoms with E-state index in [1.165, 1.54) is 44.8 Å². The van der Waals surface area contributed by atoms with Gasteiger partial charge in [-0.1, -0.05) is 43.6 Å². The number of carbonyl (C=O) groups is 1. The minimum Gasteiger partial charge on any atom is -0.496 e. The number of methoxy groups -OCH3 is 2. The van der Waals surface area contributed by atoms with Gasteiger partial charge in [-0.2, -0.15) is 0 Å². The van der Waals surface area contributed by atoms with Crippen LogP contribution in [-0.4, -0.2) is 30.3 Å². The molecular formula is C18H23N3O3S. The lowest BCUT2D eigenvalue weighted by Crippen LogP contribution is -2.24. The largest absolute Gasteiger partial charge is 0.496 e. The van der Waals surface area contributed by atoms with E-state index < -0.39 is 0 Å². The molecule has 0 bridgehead atoms. The summed E-state index contributed by atoms with van der Waals surface area (Å²) in [4.78, 5) is 12.7. The summed E-state index contributed by atoms with van der Waals surface area (Å²) in [6.45, 7) is 2.24. The Bertz CT molecular complexity index is 732. The van der Waals surface area contributed by atoms with Crippen molar-refractivity contribution >= 4 is 22.4 Å². The monoisotopic (exact) mass is 361 g/mol. The summed E-state index contributed by atoms with van der Waals surface area (Å²) in [7, 11) is 3.05. The number of nitrogens with zero attached hydrogens (tertiary/aromatic N) is 2. The average Bonchev–Trinajstić information content (AvgIpc) is 3.10. The first-order chi connectivity index (χ1) is 12.1. The minimum absolute atomic E-state index is 0.0705. The zero-order valence-electron chi connectivity index (χ0n) is 14.8. The molecular weight excluding hydrogens is 338 g/mol. The van der Waals surface area contributed by atoms with E-state index in [4.69, 9.17) is 9.47 Å². The second-order valence-corrected chi connectivity index (χ2v) is 7.50. The van der Waals surface area contributed by atoms with Crippen molar-refractivity contribution in [3.05, 3.63) is 28.8 Å². The molecule has 2 aromatic rings. The van der Waals surface area contributed by atoms with Gasteiger partial charge in [0.1, 0.15) is 22.1 Å². The molecule has 1 aliphatic rings. The summed E-state index contributed by atoms with van der Waals surface area (Å²) >= 11 is 1.45. The van der Waals surface area contributed by atoms with Gasteiger partial charge in [-0.15, -0.1) is 10.2 Å². The van der Waals surface area contributed by atoms with Crippen LogP contribution in [0.25, 0.3) is 0 Å². The second-order valence-electron chi connectivity index (χ2n) is 6.53. The van der Waals surface area contributed by atoms with Crippen LogP contribution in [0.15, 0.2) is 18.2 Å². The van der Waals surface area contributed by atoms with E-state index in [0.717, 1.165) is 17.8 Å². The summed E-state index contributed by atoms with van der Waals surface area (Å²) < 4.78 is 10.6. The lowest BCUT2D eigenvalue weighted by atomic mass is 9.76. The van der Waals surface area contributed by atoms with Crippen molar-refractivity contribution in [3.63, 3.8) is 0 Å². The van der Waals surface area contributed by atoms with Gasteiger partial charge < -0.3 is 9.47 Å². The highest BCUT2D eigenvalue weighted by molar-refractivity contribution is 7.15. The molecule has 0 unspecified atom stereocenters. The molecule has 6 nitrogen and oxygen atoms in total. The number of anilines is 1. The van der Waals surface area contributed by atoms with Crippen molar-refractivity contribution < 1.29 is 14.3 Å². The van der Waals surface area contributed by atoms with Gasteiger partial charge >= 0.3 is 0 Å². The topological polar surface area (TPSA) is 73.3 Å². The van der Waals surface area contributed by atoms with Gasteiger partial charge in [-0.25, -0.2) is 0 Å². The minimum atomic E-state index is -0.314. The fourth-order valence-corrected chi connectivity index (χ4v) is 4.24. The number of hydrogen-bond acceptors (Lipinski definition) is 6. The Morgan fingerprint density at radius 1 is 1.12 bits per heavy atom. The van der Waals surface area contributed by atoms with Gasteiger partial charge in [0.05, 0.1) is 14.2 Å². The van der Waals surface area contributed by atoms with Crippen LogP contribution >= 0.6 is 11.3 Å². The fraction of sp³-hybridized carbons (Fsp3) is 0.500. The number of benzene rings is 1. The molecule has 1 aromatic heterocycles. The van der Waals surface area contributed by atoms with E-state index in [9.17, 15) is 4.79 Å². The summed E-state index contributed by atoms with van der Waals surface area (Å²) in [6.07, 6.45) is 5.96. The highest BCUT2D eigenvalue weighted by Crippen LogP contribution is 2.41. The number of amides is 1. The molecule has 1 aliphatic carbocycles. The molecule has 1 amide bonds. The van der Waals surface area contributed by atoms with Gasteiger partial charge in [-0.3, -0.25) is 10.1 Å². The number of ether oxygens (including phenoxy) is 2. The maximum atomic E-state index is 12.7. The summed E-state index contributed by atoms with van der Waals surface area (Å²) in [5.74, 6) is 0.604. The maximum Gasteiger partial charge on any atom is 0.265 e. The second kappa shape index (κ2) is 7.39. The third kappa shape index (κ3) is 3.61. The predicted molar refractivity (Wildman–Crippen MR) is 97.8 cm³/mol. The standard InChI is InChI=1S/C18H23N3O3S/c1-18(10-5-4-6-11-18)16-20-21-17(25-16)19-15(22)14-12(23-2)8-7-9-13(14)24-3/h7-9H,4-6,10-11H2,1-3H3,(H,19,21,22). The highest BCUT2D eigenvalue weighted by Gasteiger charge is 2.32. The lowest BCUT2D eigenvalue weighted by Gasteiger charge is -2.30. The Hall–Kier alpha value is -2.15. The molecule has 1 saturated carbocycles. The Kier molecular flexibility index (Phi) is 5.22. The first-order valence-corrected chi connectivity index (χ1v) is 9.25. The molecule has 0 radical (unpaired) electrons. The van der Waals surface area contributed by atoms with Crippen LogP contribution in [0, 0.1) is 0 Å². The molecule has 3 rings (SSSR count). The molecule has 0 atom stereocenters. The first kappa shape index (κ1) is 17.7. The number of aromatic nitrogens is 2. The third-order valence-electron chi connectivity index (χ3n) is 4.77. The first-order valence-electron chi connectivity index (χ1n) is 8.44. The third-order valence-corrected chi connectivity index (χ3v) is 5.92. The summed E-state index contributed by atoms with van der Waals surface area (Å²) in [6, 6.07) is 5.24. The van der Waals surface area contributed by atoms with Crippen LogP contribution in [0.3, 0.4) is 0 Å². The Morgan fingerprint density at radius 3 is 2.36 bits per heavy atom. The smallest absolute Gasteiger partial charge is 0.265 e. The predicted octanol–water partition coefficient (Wildman–Crippen LogP) is 4.03. The van der Waals surface area contributed by atoms with Gasteiger partial charge in [0, 0.05) is 5.41 Å². The average molecular weight is 361 g/mol. The van der Waals surface area contributed by atoms with Crippen molar-refractivity contribution in [2.75, 3.05) is 19.5 Å². The highest BCUT2D eigenvalue weighted by atomic mass is 32.1.